The van der Waals surface area contributed by atoms with Gasteiger partial charge in [-0.2, -0.15) is 0 Å². The number of fused-ring (bicyclic) bond motifs is 1. The molecule has 33 heavy (non-hydrogen) atoms. The smallest absolute Gasteiger partial charge is 0.262 e. The van der Waals surface area contributed by atoms with Gasteiger partial charge in [0.2, 0.25) is 5.91 Å². The number of rotatable bonds is 5. The molecule has 3 heterocycles. The van der Waals surface area contributed by atoms with Gasteiger partial charge in [-0.25, -0.2) is 9.97 Å². The Morgan fingerprint density at radius 1 is 1.06 bits per heavy atom. The number of pyridine rings is 1. The van der Waals surface area contributed by atoms with Crippen molar-refractivity contribution in [3.63, 3.8) is 0 Å². The summed E-state index contributed by atoms with van der Waals surface area (Å²) in [7, 11) is 3.05. The molecule has 4 rings (SSSR count). The van der Waals surface area contributed by atoms with Crippen molar-refractivity contribution in [2.24, 2.45) is 0 Å². The quantitative estimate of drug-likeness (QED) is 0.580. The van der Waals surface area contributed by atoms with Gasteiger partial charge in [-0.15, -0.1) is 24.8 Å². The van der Waals surface area contributed by atoms with E-state index in [1.807, 2.05) is 30.0 Å². The summed E-state index contributed by atoms with van der Waals surface area (Å²) >= 11 is 0. The lowest BCUT2D eigenvalue weighted by atomic mass is 10.2. The molecule has 0 bridgehead atoms. The highest BCUT2D eigenvalue weighted by atomic mass is 35.5. The van der Waals surface area contributed by atoms with Gasteiger partial charge in [0, 0.05) is 44.7 Å². The lowest BCUT2D eigenvalue weighted by Crippen LogP contribution is -2.48. The van der Waals surface area contributed by atoms with Crippen LogP contribution in [0, 0.1) is 0 Å². The number of ether oxygens (including phenoxy) is 2. The van der Waals surface area contributed by atoms with Crippen LogP contribution in [0.4, 0.5) is 5.82 Å². The van der Waals surface area contributed by atoms with Crippen LogP contribution in [-0.2, 0) is 4.79 Å². The molecule has 1 N–H and O–H groups in total. The Kier molecular flexibility index (Phi) is 8.90. The summed E-state index contributed by atoms with van der Waals surface area (Å²) in [6, 6.07) is 8.97. The Hall–Kier alpha value is -3.04. The van der Waals surface area contributed by atoms with Crippen molar-refractivity contribution in [1.82, 2.24) is 19.9 Å². The Bertz CT molecular complexity index is 1180. The van der Waals surface area contributed by atoms with Crippen molar-refractivity contribution in [3.05, 3.63) is 40.7 Å². The van der Waals surface area contributed by atoms with Crippen LogP contribution in [0.1, 0.15) is 13.3 Å². The monoisotopic (exact) mass is 495 g/mol. The zero-order chi connectivity index (χ0) is 22.0. The van der Waals surface area contributed by atoms with Crippen molar-refractivity contribution in [2.75, 3.05) is 45.3 Å². The molecule has 0 saturated carbocycles. The van der Waals surface area contributed by atoms with Crippen LogP contribution >= 0.6 is 24.8 Å². The summed E-state index contributed by atoms with van der Waals surface area (Å²) in [4.78, 5) is 40.8. The number of amides is 1. The van der Waals surface area contributed by atoms with Crippen LogP contribution in [0.3, 0.4) is 0 Å². The number of carbonyl (C=O) groups excluding carboxylic acids is 1. The van der Waals surface area contributed by atoms with E-state index < -0.39 is 0 Å². The first-order valence-corrected chi connectivity index (χ1v) is 10.2. The molecular weight excluding hydrogens is 469 g/mol. The standard InChI is InChI=1S/C22H25N5O4.2ClH/c1-4-19(28)27-10-8-26(9-11-27)18-7-5-6-15(23-18)21-24-16-12-14(30-2)13-17(31-3)20(16)22(29)25-21;;/h5-7,12-13H,4,8-11H2,1-3H3,(H,24,25,29);2*1H. The minimum atomic E-state index is -0.307. The van der Waals surface area contributed by atoms with Gasteiger partial charge in [-0.3, -0.25) is 9.59 Å². The minimum absolute atomic E-state index is 0. The van der Waals surface area contributed by atoms with E-state index >= 15 is 0 Å². The number of piperazine rings is 1. The molecule has 3 aromatic rings. The summed E-state index contributed by atoms with van der Waals surface area (Å²) in [5.74, 6) is 2.28. The third-order valence-corrected chi connectivity index (χ3v) is 5.44. The fraction of sp³-hybridized carbons (Fsp3) is 0.364. The topological polar surface area (TPSA) is 101 Å². The fourth-order valence-corrected chi connectivity index (χ4v) is 3.75. The molecule has 1 aliphatic heterocycles. The van der Waals surface area contributed by atoms with Crippen LogP contribution in [0.5, 0.6) is 11.5 Å². The van der Waals surface area contributed by atoms with Gasteiger partial charge in [0.1, 0.15) is 28.4 Å². The molecule has 0 atom stereocenters. The number of nitrogens with one attached hydrogen (secondary N) is 1. The normalized spacial score (nSPS) is 13.2. The van der Waals surface area contributed by atoms with Crippen molar-refractivity contribution in [3.8, 4) is 23.0 Å². The van der Waals surface area contributed by atoms with Crippen LogP contribution < -0.4 is 19.9 Å². The van der Waals surface area contributed by atoms with E-state index in [1.165, 1.54) is 7.11 Å². The number of nitrogens with zero attached hydrogens (tertiary/aromatic N) is 4. The lowest BCUT2D eigenvalue weighted by molar-refractivity contribution is -0.131. The third-order valence-electron chi connectivity index (χ3n) is 5.44. The summed E-state index contributed by atoms with van der Waals surface area (Å²) in [5, 5.41) is 0.361. The molecule has 0 aliphatic carbocycles. The van der Waals surface area contributed by atoms with E-state index in [0.29, 0.717) is 66.5 Å². The maximum atomic E-state index is 12.8. The number of methoxy groups -OCH3 is 2. The van der Waals surface area contributed by atoms with E-state index in [-0.39, 0.29) is 36.3 Å². The Balaban J connectivity index is 0.00000193. The molecule has 1 amide bonds. The number of benzene rings is 1. The van der Waals surface area contributed by atoms with E-state index in [9.17, 15) is 9.59 Å². The highest BCUT2D eigenvalue weighted by molar-refractivity contribution is 5.87. The number of hydrogen-bond donors (Lipinski definition) is 1. The van der Waals surface area contributed by atoms with Gasteiger partial charge in [-0.1, -0.05) is 13.0 Å². The number of aromatic amines is 1. The van der Waals surface area contributed by atoms with Crippen molar-refractivity contribution >= 4 is 47.4 Å². The number of anilines is 1. The minimum Gasteiger partial charge on any atom is -0.497 e. The molecule has 2 aromatic heterocycles. The van der Waals surface area contributed by atoms with Crippen molar-refractivity contribution < 1.29 is 14.3 Å². The maximum absolute atomic E-state index is 12.8. The summed E-state index contributed by atoms with van der Waals surface area (Å²) in [6.45, 7) is 4.63. The number of carbonyl (C=O) groups is 1. The average molecular weight is 496 g/mol. The van der Waals surface area contributed by atoms with E-state index in [0.717, 1.165) is 5.82 Å². The molecule has 0 spiro atoms. The highest BCUT2D eigenvalue weighted by Gasteiger charge is 2.21. The average Bonchev–Trinajstić information content (AvgIpc) is 2.82. The Morgan fingerprint density at radius 2 is 1.79 bits per heavy atom. The Morgan fingerprint density at radius 3 is 2.42 bits per heavy atom. The molecule has 11 heteroatoms. The second-order valence-corrected chi connectivity index (χ2v) is 7.24. The van der Waals surface area contributed by atoms with Gasteiger partial charge >= 0.3 is 0 Å². The SMILES string of the molecule is CCC(=O)N1CCN(c2cccc(-c3nc4cc(OC)cc(OC)c4c(=O)[nH]3)n2)CC1.Cl.Cl. The Labute approximate surface area is 203 Å². The van der Waals surface area contributed by atoms with E-state index in [1.54, 1.807) is 19.2 Å². The van der Waals surface area contributed by atoms with Crippen LogP contribution in [-0.4, -0.2) is 66.2 Å². The molecule has 1 fully saturated rings. The largest absolute Gasteiger partial charge is 0.497 e. The molecule has 1 aliphatic rings. The fourth-order valence-electron chi connectivity index (χ4n) is 3.75. The summed E-state index contributed by atoms with van der Waals surface area (Å²) < 4.78 is 10.6. The van der Waals surface area contributed by atoms with Crippen molar-refractivity contribution in [1.29, 1.82) is 0 Å². The molecule has 1 saturated heterocycles. The predicted octanol–water partition coefficient (Wildman–Crippen LogP) is 2.90. The molecule has 9 nitrogen and oxygen atoms in total. The van der Waals surface area contributed by atoms with Crippen LogP contribution in [0.15, 0.2) is 35.1 Å². The zero-order valence-corrected chi connectivity index (χ0v) is 20.3. The second-order valence-electron chi connectivity index (χ2n) is 7.24. The van der Waals surface area contributed by atoms with E-state index in [2.05, 4.69) is 14.9 Å². The van der Waals surface area contributed by atoms with Crippen LogP contribution in [0.2, 0.25) is 0 Å². The van der Waals surface area contributed by atoms with E-state index in [4.69, 9.17) is 14.5 Å². The predicted molar refractivity (Wildman–Crippen MR) is 132 cm³/mol. The summed E-state index contributed by atoms with van der Waals surface area (Å²) in [6.07, 6.45) is 0.518. The van der Waals surface area contributed by atoms with Crippen molar-refractivity contribution in [2.45, 2.75) is 13.3 Å². The molecule has 0 unspecified atom stereocenters. The first kappa shape index (κ1) is 26.2. The van der Waals surface area contributed by atoms with Crippen LogP contribution in [0.25, 0.3) is 22.4 Å². The maximum Gasteiger partial charge on any atom is 0.262 e. The number of H-pyrrole nitrogens is 1. The zero-order valence-electron chi connectivity index (χ0n) is 18.7. The third kappa shape index (κ3) is 5.31. The number of halogens is 2. The van der Waals surface area contributed by atoms with Gasteiger partial charge in [-0.05, 0) is 12.1 Å². The number of hydrogen-bond acceptors (Lipinski definition) is 7. The second kappa shape index (κ2) is 11.2. The molecular formula is C22H27Cl2N5O4. The first-order valence-electron chi connectivity index (χ1n) is 10.2. The van der Waals surface area contributed by atoms with Gasteiger partial charge in [0.15, 0.2) is 5.82 Å². The van der Waals surface area contributed by atoms with Gasteiger partial charge in [0.25, 0.3) is 5.56 Å². The van der Waals surface area contributed by atoms with Gasteiger partial charge < -0.3 is 24.3 Å². The molecule has 178 valence electrons. The summed E-state index contributed by atoms with van der Waals surface area (Å²) in [5.41, 5.74) is 0.720. The highest BCUT2D eigenvalue weighted by Crippen LogP contribution is 2.29. The molecule has 1 aromatic carbocycles. The number of aromatic nitrogens is 3. The molecule has 0 radical (unpaired) electrons. The first-order chi connectivity index (χ1) is 15.0. The van der Waals surface area contributed by atoms with Gasteiger partial charge in [0.05, 0.1) is 19.7 Å². The lowest BCUT2D eigenvalue weighted by Gasteiger charge is -2.35.